The van der Waals surface area contributed by atoms with Crippen LogP contribution >= 0.6 is 0 Å². The number of nitrogens with zero attached hydrogens (tertiary/aromatic N) is 5. The molecule has 1 amide bonds. The van der Waals surface area contributed by atoms with Gasteiger partial charge in [-0.2, -0.15) is 0 Å². The van der Waals surface area contributed by atoms with E-state index in [-0.39, 0.29) is 17.8 Å². The Morgan fingerprint density at radius 3 is 2.39 bits per heavy atom. The van der Waals surface area contributed by atoms with Crippen LogP contribution < -0.4 is 20.9 Å². The average molecular weight is 426 g/mol. The van der Waals surface area contributed by atoms with Crippen molar-refractivity contribution in [1.29, 1.82) is 0 Å². The number of nitrogens with one attached hydrogen (secondary N) is 1. The summed E-state index contributed by atoms with van der Waals surface area (Å²) < 4.78 is 7.57. The smallest absolute Gasteiger partial charge is 0.332 e. The van der Waals surface area contributed by atoms with Crippen LogP contribution in [0.1, 0.15) is 12.2 Å². The number of methoxy groups -OCH3 is 1. The Balaban J connectivity index is 1.36. The van der Waals surface area contributed by atoms with E-state index in [2.05, 4.69) is 14.9 Å². The Morgan fingerprint density at radius 1 is 1.06 bits per heavy atom. The maximum atomic E-state index is 12.7. The van der Waals surface area contributed by atoms with Gasteiger partial charge in [0.25, 0.3) is 5.56 Å². The highest BCUT2D eigenvalue weighted by molar-refractivity contribution is 5.77. The highest BCUT2D eigenvalue weighted by atomic mass is 16.5. The minimum atomic E-state index is -0.429. The van der Waals surface area contributed by atoms with E-state index in [1.54, 1.807) is 14.2 Å². The van der Waals surface area contributed by atoms with Crippen molar-refractivity contribution in [2.24, 2.45) is 14.1 Å². The molecule has 3 aromatic rings. The molecule has 0 aliphatic carbocycles. The first-order chi connectivity index (χ1) is 14.9. The predicted octanol–water partition coefficient (Wildman–Crippen LogP) is 0.250. The van der Waals surface area contributed by atoms with Gasteiger partial charge in [0.05, 0.1) is 7.11 Å². The predicted molar refractivity (Wildman–Crippen MR) is 117 cm³/mol. The van der Waals surface area contributed by atoms with Crippen molar-refractivity contribution in [3.8, 4) is 5.75 Å². The van der Waals surface area contributed by atoms with E-state index in [0.717, 1.165) is 29.1 Å². The molecule has 1 aliphatic rings. The second-order valence-corrected chi connectivity index (χ2v) is 7.65. The van der Waals surface area contributed by atoms with Gasteiger partial charge in [-0.3, -0.25) is 18.7 Å². The van der Waals surface area contributed by atoms with E-state index < -0.39 is 11.2 Å². The molecule has 164 valence electrons. The number of carbonyl (C=O) groups excluding carboxylic acids is 1. The number of imidazole rings is 1. The van der Waals surface area contributed by atoms with Gasteiger partial charge in [0, 0.05) is 58.8 Å². The monoisotopic (exact) mass is 426 g/mol. The van der Waals surface area contributed by atoms with Crippen LogP contribution in [-0.2, 0) is 25.3 Å². The second-order valence-electron chi connectivity index (χ2n) is 7.65. The molecule has 0 spiro atoms. The number of aryl methyl sites for hydroxylation is 2. The Bertz CT molecular complexity index is 1220. The normalized spacial score (nSPS) is 14.3. The molecule has 0 unspecified atom stereocenters. The fourth-order valence-corrected chi connectivity index (χ4v) is 3.88. The maximum Gasteiger partial charge on any atom is 0.332 e. The number of ether oxygens (including phenoxy) is 1. The third-order valence-electron chi connectivity index (χ3n) is 5.79. The van der Waals surface area contributed by atoms with E-state index >= 15 is 0 Å². The van der Waals surface area contributed by atoms with Crippen LogP contribution in [0.15, 0.2) is 33.9 Å². The first-order valence-corrected chi connectivity index (χ1v) is 10.2. The molecule has 1 aromatic carbocycles. The first-order valence-electron chi connectivity index (χ1n) is 10.2. The third kappa shape index (κ3) is 3.92. The molecule has 0 radical (unpaired) electrons. The minimum Gasteiger partial charge on any atom is -0.497 e. The van der Waals surface area contributed by atoms with Gasteiger partial charge in [0.2, 0.25) is 5.91 Å². The third-order valence-corrected chi connectivity index (χ3v) is 5.79. The van der Waals surface area contributed by atoms with Crippen LogP contribution in [0, 0.1) is 0 Å². The van der Waals surface area contributed by atoms with Crippen LogP contribution in [0.5, 0.6) is 5.75 Å². The second kappa shape index (κ2) is 8.29. The van der Waals surface area contributed by atoms with Crippen molar-refractivity contribution >= 4 is 22.8 Å². The average Bonchev–Trinajstić information content (AvgIpc) is 3.24. The standard InChI is InChI=1S/C21H26N6O4/c1-24-19-18(20(29)25(2)21(24)30)22-16(23-19)8-9-17(28)27-12-10-26(11-13-27)14-4-6-15(31-3)7-5-14/h4-7H,8-13H2,1-3H3,(H,22,23). The molecule has 0 saturated carbocycles. The van der Waals surface area contributed by atoms with Crippen LogP contribution in [0.2, 0.25) is 0 Å². The molecule has 31 heavy (non-hydrogen) atoms. The maximum absolute atomic E-state index is 12.7. The zero-order chi connectivity index (χ0) is 22.1. The van der Waals surface area contributed by atoms with E-state index in [9.17, 15) is 14.4 Å². The Hall–Kier alpha value is -3.56. The Morgan fingerprint density at radius 2 is 1.74 bits per heavy atom. The number of anilines is 1. The molecule has 1 fully saturated rings. The number of aromatic nitrogens is 4. The fourth-order valence-electron chi connectivity index (χ4n) is 3.88. The largest absolute Gasteiger partial charge is 0.497 e. The summed E-state index contributed by atoms with van der Waals surface area (Å²) in [6.45, 7) is 2.84. The van der Waals surface area contributed by atoms with E-state index in [0.29, 0.717) is 31.0 Å². The lowest BCUT2D eigenvalue weighted by Crippen LogP contribution is -2.48. The highest BCUT2D eigenvalue weighted by Gasteiger charge is 2.22. The van der Waals surface area contributed by atoms with Gasteiger partial charge in [0.15, 0.2) is 5.65 Å². The van der Waals surface area contributed by atoms with Crippen molar-refractivity contribution in [3.63, 3.8) is 0 Å². The number of aromatic amines is 1. The summed E-state index contributed by atoms with van der Waals surface area (Å²) >= 11 is 0. The van der Waals surface area contributed by atoms with Gasteiger partial charge >= 0.3 is 5.69 Å². The fraction of sp³-hybridized carbons (Fsp3) is 0.429. The topological polar surface area (TPSA) is 105 Å². The molecular weight excluding hydrogens is 400 g/mol. The summed E-state index contributed by atoms with van der Waals surface area (Å²) in [7, 11) is 4.65. The molecule has 10 nitrogen and oxygen atoms in total. The Labute approximate surface area is 178 Å². The summed E-state index contributed by atoms with van der Waals surface area (Å²) in [6.07, 6.45) is 0.667. The number of rotatable bonds is 5. The van der Waals surface area contributed by atoms with Gasteiger partial charge in [-0.05, 0) is 24.3 Å². The van der Waals surface area contributed by atoms with Crippen molar-refractivity contribution in [3.05, 3.63) is 50.9 Å². The summed E-state index contributed by atoms with van der Waals surface area (Å²) in [6, 6.07) is 7.91. The number of hydrogen-bond acceptors (Lipinski definition) is 6. The molecule has 1 saturated heterocycles. The molecule has 3 heterocycles. The van der Waals surface area contributed by atoms with Crippen LogP contribution in [0.25, 0.3) is 11.2 Å². The van der Waals surface area contributed by atoms with Gasteiger partial charge in [-0.1, -0.05) is 0 Å². The number of hydrogen-bond donors (Lipinski definition) is 1. The number of amides is 1. The minimum absolute atomic E-state index is 0.0524. The number of benzene rings is 1. The van der Waals surface area contributed by atoms with Gasteiger partial charge in [-0.15, -0.1) is 0 Å². The summed E-state index contributed by atoms with van der Waals surface area (Å²) in [5, 5.41) is 0. The molecule has 4 rings (SSSR count). The van der Waals surface area contributed by atoms with Gasteiger partial charge in [0.1, 0.15) is 17.1 Å². The van der Waals surface area contributed by atoms with Crippen molar-refractivity contribution in [2.75, 3.05) is 38.2 Å². The quantitative estimate of drug-likeness (QED) is 0.627. The summed E-state index contributed by atoms with van der Waals surface area (Å²) in [5.41, 5.74) is 0.852. The van der Waals surface area contributed by atoms with Crippen LogP contribution in [0.3, 0.4) is 0 Å². The van der Waals surface area contributed by atoms with Gasteiger partial charge < -0.3 is 19.5 Å². The summed E-state index contributed by atoms with van der Waals surface area (Å²) in [4.78, 5) is 48.5. The van der Waals surface area contributed by atoms with Crippen LogP contribution in [-0.4, -0.2) is 63.2 Å². The van der Waals surface area contributed by atoms with Crippen LogP contribution in [0.4, 0.5) is 5.69 Å². The lowest BCUT2D eigenvalue weighted by atomic mass is 10.2. The van der Waals surface area contributed by atoms with Crippen molar-refractivity contribution < 1.29 is 9.53 Å². The molecule has 0 bridgehead atoms. The lowest BCUT2D eigenvalue weighted by molar-refractivity contribution is -0.131. The number of H-pyrrole nitrogens is 1. The molecule has 1 aliphatic heterocycles. The molecule has 2 aromatic heterocycles. The number of carbonyl (C=O) groups is 1. The number of fused-ring (bicyclic) bond motifs is 1. The van der Waals surface area contributed by atoms with E-state index in [4.69, 9.17) is 4.74 Å². The molecule has 1 N–H and O–H groups in total. The SMILES string of the molecule is COc1ccc(N2CCN(C(=O)CCc3nc4c([nH]3)c(=O)n(C)c(=O)n4C)CC2)cc1. The summed E-state index contributed by atoms with van der Waals surface area (Å²) in [5.74, 6) is 1.40. The Kier molecular flexibility index (Phi) is 5.53. The molecule has 0 atom stereocenters. The lowest BCUT2D eigenvalue weighted by Gasteiger charge is -2.36. The van der Waals surface area contributed by atoms with E-state index in [1.165, 1.54) is 11.6 Å². The number of piperazine rings is 1. The molecule has 10 heteroatoms. The van der Waals surface area contributed by atoms with Crippen molar-refractivity contribution in [1.82, 2.24) is 24.0 Å². The van der Waals surface area contributed by atoms with Gasteiger partial charge in [-0.25, -0.2) is 9.78 Å². The zero-order valence-electron chi connectivity index (χ0n) is 17.9. The van der Waals surface area contributed by atoms with Crippen molar-refractivity contribution in [2.45, 2.75) is 12.8 Å². The zero-order valence-corrected chi connectivity index (χ0v) is 17.9. The molecular formula is C21H26N6O4. The van der Waals surface area contributed by atoms with E-state index in [1.807, 2.05) is 29.2 Å². The highest BCUT2D eigenvalue weighted by Crippen LogP contribution is 2.20. The first kappa shape index (κ1) is 20.7.